The lowest BCUT2D eigenvalue weighted by Crippen LogP contribution is -2.05. The molecule has 0 amide bonds. The number of nitrogens with zero attached hydrogens (tertiary/aromatic N) is 1. The van der Waals surface area contributed by atoms with Gasteiger partial charge >= 0.3 is 0 Å². The van der Waals surface area contributed by atoms with Crippen LogP contribution in [0.15, 0.2) is 59.3 Å². The van der Waals surface area contributed by atoms with Gasteiger partial charge in [0.2, 0.25) is 0 Å². The zero-order valence-electron chi connectivity index (χ0n) is 11.1. The number of aliphatic hydroxyl groups excluding tert-OH is 1. The van der Waals surface area contributed by atoms with Crippen LogP contribution in [0.1, 0.15) is 17.2 Å². The average Bonchev–Trinajstić information content (AvgIpc) is 2.49. The molecule has 0 saturated carbocycles. The Morgan fingerprint density at radius 2 is 1.95 bits per heavy atom. The van der Waals surface area contributed by atoms with Crippen molar-refractivity contribution in [3.8, 4) is 0 Å². The second-order valence-electron chi connectivity index (χ2n) is 4.91. The third kappa shape index (κ3) is 2.96. The summed E-state index contributed by atoms with van der Waals surface area (Å²) in [5.74, 6) is -0.323. The molecular formula is C17H13BrFNO. The van der Waals surface area contributed by atoms with Crippen LogP contribution in [0.2, 0.25) is 0 Å². The standard InChI is InChI=1S/C17H13BrFNO/c18-13-6-5-11(16(19)8-13)7-17(21)15-10-20-9-12-3-1-2-4-14(12)15/h1-6,8-10,17,21H,7H2. The molecular weight excluding hydrogens is 333 g/mol. The molecule has 0 aliphatic carbocycles. The van der Waals surface area contributed by atoms with Gasteiger partial charge in [-0.1, -0.05) is 46.3 Å². The molecule has 106 valence electrons. The van der Waals surface area contributed by atoms with E-state index in [1.54, 1.807) is 24.5 Å². The third-order valence-electron chi connectivity index (χ3n) is 3.49. The minimum Gasteiger partial charge on any atom is -0.388 e. The maximum absolute atomic E-state index is 13.9. The topological polar surface area (TPSA) is 33.1 Å². The summed E-state index contributed by atoms with van der Waals surface area (Å²) < 4.78 is 14.6. The molecule has 3 aromatic rings. The first-order valence-corrected chi connectivity index (χ1v) is 7.39. The number of hydrogen-bond donors (Lipinski definition) is 1. The van der Waals surface area contributed by atoms with Crippen LogP contribution in [0.4, 0.5) is 4.39 Å². The Balaban J connectivity index is 1.95. The van der Waals surface area contributed by atoms with Crippen molar-refractivity contribution in [2.75, 3.05) is 0 Å². The van der Waals surface area contributed by atoms with E-state index in [-0.39, 0.29) is 12.2 Å². The molecule has 0 aliphatic rings. The molecule has 0 radical (unpaired) electrons. The van der Waals surface area contributed by atoms with Crippen molar-refractivity contribution in [1.82, 2.24) is 4.98 Å². The summed E-state index contributed by atoms with van der Waals surface area (Å²) in [7, 11) is 0. The highest BCUT2D eigenvalue weighted by Crippen LogP contribution is 2.27. The third-order valence-corrected chi connectivity index (χ3v) is 3.98. The van der Waals surface area contributed by atoms with E-state index < -0.39 is 6.10 Å². The number of halogens is 2. The molecule has 1 atom stereocenters. The molecule has 1 aromatic heterocycles. The summed E-state index contributed by atoms with van der Waals surface area (Å²) in [6.07, 6.45) is 2.82. The fraction of sp³-hybridized carbons (Fsp3) is 0.118. The lowest BCUT2D eigenvalue weighted by atomic mass is 9.98. The van der Waals surface area contributed by atoms with Crippen LogP contribution in [-0.2, 0) is 6.42 Å². The van der Waals surface area contributed by atoms with Crippen molar-refractivity contribution < 1.29 is 9.50 Å². The molecule has 0 aliphatic heterocycles. The van der Waals surface area contributed by atoms with Crippen molar-refractivity contribution in [3.05, 3.63) is 76.3 Å². The number of pyridine rings is 1. The number of aromatic nitrogens is 1. The Hall–Kier alpha value is -1.78. The monoisotopic (exact) mass is 345 g/mol. The van der Waals surface area contributed by atoms with E-state index in [0.29, 0.717) is 10.0 Å². The van der Waals surface area contributed by atoms with E-state index in [1.807, 2.05) is 24.3 Å². The summed E-state index contributed by atoms with van der Waals surface area (Å²) in [4.78, 5) is 4.15. The van der Waals surface area contributed by atoms with Gasteiger partial charge in [0.1, 0.15) is 5.82 Å². The minimum atomic E-state index is -0.792. The first kappa shape index (κ1) is 14.2. The first-order chi connectivity index (χ1) is 10.1. The van der Waals surface area contributed by atoms with Gasteiger partial charge in [-0.25, -0.2) is 4.39 Å². The maximum Gasteiger partial charge on any atom is 0.127 e. The fourth-order valence-corrected chi connectivity index (χ4v) is 2.74. The van der Waals surface area contributed by atoms with Crippen LogP contribution in [0.3, 0.4) is 0 Å². The van der Waals surface area contributed by atoms with Gasteiger partial charge in [-0.3, -0.25) is 4.98 Å². The maximum atomic E-state index is 13.9. The SMILES string of the molecule is OC(Cc1ccc(Br)cc1F)c1cncc2ccccc12. The number of aliphatic hydroxyl groups is 1. The van der Waals surface area contributed by atoms with Crippen LogP contribution < -0.4 is 0 Å². The summed E-state index contributed by atoms with van der Waals surface area (Å²) in [5.41, 5.74) is 1.20. The summed E-state index contributed by atoms with van der Waals surface area (Å²) >= 11 is 3.23. The van der Waals surface area contributed by atoms with Crippen LogP contribution in [-0.4, -0.2) is 10.1 Å². The van der Waals surface area contributed by atoms with Crippen molar-refractivity contribution in [2.45, 2.75) is 12.5 Å². The molecule has 2 aromatic carbocycles. The lowest BCUT2D eigenvalue weighted by Gasteiger charge is -2.14. The Morgan fingerprint density at radius 1 is 1.14 bits per heavy atom. The van der Waals surface area contributed by atoms with Crippen LogP contribution in [0.5, 0.6) is 0 Å². The van der Waals surface area contributed by atoms with E-state index in [9.17, 15) is 9.50 Å². The van der Waals surface area contributed by atoms with Crippen molar-refractivity contribution >= 4 is 26.7 Å². The fourth-order valence-electron chi connectivity index (χ4n) is 2.41. The quantitative estimate of drug-likeness (QED) is 0.762. The van der Waals surface area contributed by atoms with Gasteiger partial charge in [0, 0.05) is 34.2 Å². The molecule has 0 spiro atoms. The number of rotatable bonds is 3. The second kappa shape index (κ2) is 5.92. The smallest absolute Gasteiger partial charge is 0.127 e. The van der Waals surface area contributed by atoms with Crippen molar-refractivity contribution in [3.63, 3.8) is 0 Å². The summed E-state index contributed by atoms with van der Waals surface area (Å²) in [6.45, 7) is 0. The largest absolute Gasteiger partial charge is 0.388 e. The second-order valence-corrected chi connectivity index (χ2v) is 5.82. The van der Waals surface area contributed by atoms with Crippen molar-refractivity contribution in [2.24, 2.45) is 0 Å². The van der Waals surface area contributed by atoms with Gasteiger partial charge in [-0.05, 0) is 23.1 Å². The molecule has 21 heavy (non-hydrogen) atoms. The Kier molecular flexibility index (Phi) is 3.99. The van der Waals surface area contributed by atoms with Crippen LogP contribution in [0.25, 0.3) is 10.8 Å². The molecule has 0 saturated heterocycles. The number of fused-ring (bicyclic) bond motifs is 1. The highest BCUT2D eigenvalue weighted by molar-refractivity contribution is 9.10. The Labute approximate surface area is 130 Å². The lowest BCUT2D eigenvalue weighted by molar-refractivity contribution is 0.178. The molecule has 1 unspecified atom stereocenters. The van der Waals surface area contributed by atoms with E-state index in [1.165, 1.54) is 6.07 Å². The van der Waals surface area contributed by atoms with E-state index in [0.717, 1.165) is 16.3 Å². The zero-order valence-corrected chi connectivity index (χ0v) is 12.7. The molecule has 1 N–H and O–H groups in total. The highest BCUT2D eigenvalue weighted by Gasteiger charge is 2.14. The predicted molar refractivity (Wildman–Crippen MR) is 84.5 cm³/mol. The van der Waals surface area contributed by atoms with Gasteiger partial charge in [-0.2, -0.15) is 0 Å². The number of hydrogen-bond acceptors (Lipinski definition) is 2. The van der Waals surface area contributed by atoms with Gasteiger partial charge in [0.05, 0.1) is 6.10 Å². The van der Waals surface area contributed by atoms with Gasteiger partial charge < -0.3 is 5.11 Å². The highest BCUT2D eigenvalue weighted by atomic mass is 79.9. The molecule has 0 bridgehead atoms. The van der Waals surface area contributed by atoms with Crippen molar-refractivity contribution in [1.29, 1.82) is 0 Å². The molecule has 2 nitrogen and oxygen atoms in total. The minimum absolute atomic E-state index is 0.217. The van der Waals surface area contributed by atoms with E-state index in [4.69, 9.17) is 0 Å². The van der Waals surface area contributed by atoms with E-state index >= 15 is 0 Å². The molecule has 1 heterocycles. The molecule has 0 fully saturated rings. The van der Waals surface area contributed by atoms with Gasteiger partial charge in [-0.15, -0.1) is 0 Å². The Morgan fingerprint density at radius 3 is 2.76 bits per heavy atom. The zero-order chi connectivity index (χ0) is 14.8. The summed E-state index contributed by atoms with van der Waals surface area (Å²) in [6, 6.07) is 12.6. The predicted octanol–water partition coefficient (Wildman–Crippen LogP) is 4.41. The van der Waals surface area contributed by atoms with Crippen LogP contribution >= 0.6 is 15.9 Å². The first-order valence-electron chi connectivity index (χ1n) is 6.60. The van der Waals surface area contributed by atoms with Gasteiger partial charge in [0.25, 0.3) is 0 Å². The molecule has 3 rings (SSSR count). The Bertz CT molecular complexity index is 785. The van der Waals surface area contributed by atoms with Gasteiger partial charge in [0.15, 0.2) is 0 Å². The average molecular weight is 346 g/mol. The van der Waals surface area contributed by atoms with E-state index in [2.05, 4.69) is 20.9 Å². The summed E-state index contributed by atoms with van der Waals surface area (Å²) in [5, 5.41) is 12.4. The number of benzene rings is 2. The normalized spacial score (nSPS) is 12.5. The van der Waals surface area contributed by atoms with Crippen LogP contribution in [0, 0.1) is 5.82 Å². The molecule has 4 heteroatoms.